The van der Waals surface area contributed by atoms with Crippen molar-refractivity contribution in [3.8, 4) is 16.3 Å². The van der Waals surface area contributed by atoms with Crippen LogP contribution in [0.5, 0.6) is 0 Å². The van der Waals surface area contributed by atoms with Crippen molar-refractivity contribution >= 4 is 32.9 Å². The summed E-state index contributed by atoms with van der Waals surface area (Å²) in [6.45, 7) is 3.68. The van der Waals surface area contributed by atoms with E-state index in [1.165, 1.54) is 21.7 Å². The molecule has 29 heavy (non-hydrogen) atoms. The Hall–Kier alpha value is -2.72. The average Bonchev–Trinajstić information content (AvgIpc) is 3.26. The van der Waals surface area contributed by atoms with Gasteiger partial charge in [-0.05, 0) is 49.0 Å². The molecule has 1 unspecified atom stereocenters. The summed E-state index contributed by atoms with van der Waals surface area (Å²) in [5.41, 5.74) is 6.72. The Morgan fingerprint density at radius 3 is 2.83 bits per heavy atom. The van der Waals surface area contributed by atoms with E-state index >= 15 is 0 Å². The van der Waals surface area contributed by atoms with Gasteiger partial charge in [0.1, 0.15) is 11.4 Å². The lowest BCUT2D eigenvalue weighted by Crippen LogP contribution is -2.50. The Balaban J connectivity index is 1.76. The van der Waals surface area contributed by atoms with Crippen LogP contribution in [0, 0.1) is 12.7 Å². The van der Waals surface area contributed by atoms with Crippen LogP contribution in [0.25, 0.3) is 16.3 Å². The molecule has 3 aromatic heterocycles. The maximum absolute atomic E-state index is 15.0. The fraction of sp³-hybridized carbons (Fsp3) is 0.263. The van der Waals surface area contributed by atoms with Crippen LogP contribution in [0.4, 0.5) is 4.39 Å². The van der Waals surface area contributed by atoms with Gasteiger partial charge in [-0.3, -0.25) is 4.31 Å². The minimum Gasteiger partial charge on any atom is -0.369 e. The molecule has 2 atom stereocenters. The fourth-order valence-corrected chi connectivity index (χ4v) is 6.17. The molecule has 0 amide bonds. The number of hydrogen-bond donors (Lipinski definition) is 1. The van der Waals surface area contributed by atoms with Gasteiger partial charge in [-0.15, -0.1) is 11.3 Å². The topological polar surface area (TPSA) is 89.4 Å². The van der Waals surface area contributed by atoms with Gasteiger partial charge in [-0.2, -0.15) is 5.10 Å². The summed E-state index contributed by atoms with van der Waals surface area (Å²) in [4.78, 5) is 9.88. The van der Waals surface area contributed by atoms with E-state index in [-0.39, 0.29) is 11.7 Å². The van der Waals surface area contributed by atoms with Gasteiger partial charge in [-0.1, -0.05) is 0 Å². The molecule has 10 heteroatoms. The molecule has 0 spiro atoms. The van der Waals surface area contributed by atoms with Crippen molar-refractivity contribution in [2.75, 3.05) is 12.8 Å². The van der Waals surface area contributed by atoms with Crippen LogP contribution in [0.1, 0.15) is 17.4 Å². The van der Waals surface area contributed by atoms with E-state index < -0.39 is 21.1 Å². The van der Waals surface area contributed by atoms with E-state index in [1.54, 1.807) is 31.0 Å². The van der Waals surface area contributed by atoms with E-state index in [4.69, 9.17) is 5.73 Å². The number of guanidine groups is 1. The molecule has 0 saturated heterocycles. The highest BCUT2D eigenvalue weighted by Gasteiger charge is 2.40. The Bertz CT molecular complexity index is 1230. The normalized spacial score (nSPS) is 24.6. The standard InChI is InChI=1S/C19H21FN6OS2/c1-12-9-23-26(10-12)16-7-13(5-6-22-16)15-8-14(20)17(28-15)19(2)11-29(4,27)25(3)18(21)24-19/h5-10H,4,11H2,1-3H3,(H2,21,24)/t19-,29?/m0/s1. The lowest BCUT2D eigenvalue weighted by atomic mass is 10.0. The highest BCUT2D eigenvalue weighted by molar-refractivity contribution is 7.98. The monoisotopic (exact) mass is 432 g/mol. The summed E-state index contributed by atoms with van der Waals surface area (Å²) in [6.07, 6.45) is 5.28. The molecule has 4 heterocycles. The van der Waals surface area contributed by atoms with Gasteiger partial charge in [0.2, 0.25) is 5.96 Å². The summed E-state index contributed by atoms with van der Waals surface area (Å²) in [7, 11) is -1.10. The van der Waals surface area contributed by atoms with Crippen LogP contribution in [-0.4, -0.2) is 47.9 Å². The summed E-state index contributed by atoms with van der Waals surface area (Å²) in [5.74, 6) is 4.19. The Morgan fingerprint density at radius 1 is 1.41 bits per heavy atom. The molecule has 0 aromatic carbocycles. The van der Waals surface area contributed by atoms with Gasteiger partial charge in [0.05, 0.1) is 26.5 Å². The predicted molar refractivity (Wildman–Crippen MR) is 116 cm³/mol. The first kappa shape index (κ1) is 19.6. The Labute approximate surface area is 172 Å². The molecule has 1 aliphatic heterocycles. The number of aromatic nitrogens is 3. The molecule has 0 radical (unpaired) electrons. The molecule has 0 aliphatic carbocycles. The van der Waals surface area contributed by atoms with Crippen LogP contribution in [-0.2, 0) is 15.2 Å². The molecule has 0 bridgehead atoms. The molecule has 7 nitrogen and oxygen atoms in total. The number of aryl methyl sites for hydroxylation is 1. The molecule has 152 valence electrons. The van der Waals surface area contributed by atoms with Crippen LogP contribution in [0.15, 0.2) is 41.8 Å². The van der Waals surface area contributed by atoms with Crippen molar-refractivity contribution in [3.05, 3.63) is 53.0 Å². The van der Waals surface area contributed by atoms with Gasteiger partial charge < -0.3 is 5.73 Å². The second kappa shape index (κ2) is 6.67. The largest absolute Gasteiger partial charge is 0.369 e. The van der Waals surface area contributed by atoms with Crippen molar-refractivity contribution in [1.29, 1.82) is 0 Å². The van der Waals surface area contributed by atoms with Crippen LogP contribution >= 0.6 is 11.3 Å². The quantitative estimate of drug-likeness (QED) is 0.644. The molecular formula is C19H21FN6OS2. The highest BCUT2D eigenvalue weighted by atomic mass is 32.2. The average molecular weight is 433 g/mol. The van der Waals surface area contributed by atoms with Gasteiger partial charge in [0.25, 0.3) is 0 Å². The first-order valence-corrected chi connectivity index (χ1v) is 11.5. The van der Waals surface area contributed by atoms with Crippen LogP contribution in [0.2, 0.25) is 0 Å². The summed E-state index contributed by atoms with van der Waals surface area (Å²) in [5, 5.41) is 4.27. The zero-order chi connectivity index (χ0) is 21.0. The maximum Gasteiger partial charge on any atom is 0.203 e. The highest BCUT2D eigenvalue weighted by Crippen LogP contribution is 2.41. The van der Waals surface area contributed by atoms with Gasteiger partial charge in [-0.25, -0.2) is 23.3 Å². The van der Waals surface area contributed by atoms with E-state index in [0.29, 0.717) is 10.7 Å². The fourth-order valence-electron chi connectivity index (χ4n) is 3.29. The zero-order valence-electron chi connectivity index (χ0n) is 16.3. The first-order chi connectivity index (χ1) is 13.6. The van der Waals surface area contributed by atoms with E-state index in [1.807, 2.05) is 25.3 Å². The number of rotatable bonds is 3. The van der Waals surface area contributed by atoms with E-state index in [9.17, 15) is 8.60 Å². The number of nitrogens with zero attached hydrogens (tertiary/aromatic N) is 5. The van der Waals surface area contributed by atoms with Gasteiger partial charge in [0, 0.05) is 24.3 Å². The molecule has 0 saturated carbocycles. The van der Waals surface area contributed by atoms with Crippen molar-refractivity contribution in [2.45, 2.75) is 19.4 Å². The molecule has 2 N–H and O–H groups in total. The van der Waals surface area contributed by atoms with Gasteiger partial charge in [0.15, 0.2) is 5.82 Å². The first-order valence-electron chi connectivity index (χ1n) is 8.81. The Morgan fingerprint density at radius 2 is 2.17 bits per heavy atom. The SMILES string of the molecule is C=S1(=O)C[C@@](C)(c2sc(-c3ccnc(-n4cc(C)cn4)c3)cc2F)N=C(N)N1C. The van der Waals surface area contributed by atoms with Crippen molar-refractivity contribution in [2.24, 2.45) is 10.7 Å². The van der Waals surface area contributed by atoms with Crippen LogP contribution < -0.4 is 5.73 Å². The number of thiophene rings is 1. The third kappa shape index (κ3) is 3.42. The smallest absolute Gasteiger partial charge is 0.203 e. The summed E-state index contributed by atoms with van der Waals surface area (Å²) in [6, 6.07) is 5.13. The molecule has 4 rings (SSSR count). The number of pyridine rings is 1. The minimum absolute atomic E-state index is 0.0855. The number of nitrogens with two attached hydrogens (primary N) is 1. The summed E-state index contributed by atoms with van der Waals surface area (Å²) >= 11 is 1.26. The second-order valence-corrected chi connectivity index (χ2v) is 10.7. The zero-order valence-corrected chi connectivity index (χ0v) is 17.9. The van der Waals surface area contributed by atoms with Crippen molar-refractivity contribution in [1.82, 2.24) is 19.1 Å². The lowest BCUT2D eigenvalue weighted by Gasteiger charge is -2.36. The molecular weight excluding hydrogens is 411 g/mol. The molecule has 3 aromatic rings. The third-order valence-corrected chi connectivity index (χ3v) is 8.45. The Kier molecular flexibility index (Phi) is 4.50. The van der Waals surface area contributed by atoms with Crippen molar-refractivity contribution < 1.29 is 8.60 Å². The summed E-state index contributed by atoms with van der Waals surface area (Å²) < 4.78 is 30.9. The number of hydrogen-bond acceptors (Lipinski definition) is 6. The van der Waals surface area contributed by atoms with Gasteiger partial charge >= 0.3 is 0 Å². The van der Waals surface area contributed by atoms with Crippen molar-refractivity contribution in [3.63, 3.8) is 0 Å². The minimum atomic E-state index is -2.68. The van der Waals surface area contributed by atoms with E-state index in [2.05, 4.69) is 20.9 Å². The lowest BCUT2D eigenvalue weighted by molar-refractivity contribution is 0.493. The third-order valence-electron chi connectivity index (χ3n) is 4.84. The molecule has 1 aliphatic rings. The maximum atomic E-state index is 15.0. The number of aliphatic imine (C=N–C) groups is 1. The second-order valence-electron chi connectivity index (χ2n) is 7.31. The van der Waals surface area contributed by atoms with E-state index in [0.717, 1.165) is 16.0 Å². The predicted octanol–water partition coefficient (Wildman–Crippen LogP) is 2.55. The van der Waals surface area contributed by atoms with Crippen LogP contribution in [0.3, 0.4) is 0 Å². The molecule has 0 fully saturated rings. The number of halogens is 1.